The summed E-state index contributed by atoms with van der Waals surface area (Å²) in [5, 5.41) is -0.488. The number of benzene rings is 1. The molecule has 0 bridgehead atoms. The van der Waals surface area contributed by atoms with Crippen LogP contribution >= 0.6 is 11.6 Å². The molecule has 0 fully saturated rings. The maximum Gasteiger partial charge on any atom is 0.255 e. The third-order valence-electron chi connectivity index (χ3n) is 2.19. The lowest BCUT2D eigenvalue weighted by Gasteiger charge is -1.93. The molecule has 0 aliphatic heterocycles. The summed E-state index contributed by atoms with van der Waals surface area (Å²) in [6, 6.07) is 11.2. The Morgan fingerprint density at radius 2 is 1.93 bits per heavy atom. The minimum atomic E-state index is -0.488. The third kappa shape index (κ3) is 1.95. The van der Waals surface area contributed by atoms with E-state index < -0.39 is 5.24 Å². The normalized spacial score (nSPS) is 10.3. The summed E-state index contributed by atoms with van der Waals surface area (Å²) < 4.78 is 5.46. The first-order chi connectivity index (χ1) is 7.18. The average Bonchev–Trinajstić information content (AvgIpc) is 2.62. The van der Waals surface area contributed by atoms with E-state index in [0.29, 0.717) is 17.1 Å². The van der Waals surface area contributed by atoms with Crippen LogP contribution in [0, 0.1) is 6.92 Å². The number of hydrogen-bond acceptors (Lipinski definition) is 2. The van der Waals surface area contributed by atoms with Crippen molar-refractivity contribution < 1.29 is 9.21 Å². The summed E-state index contributed by atoms with van der Waals surface area (Å²) in [4.78, 5) is 11.0. The van der Waals surface area contributed by atoms with Gasteiger partial charge in [-0.2, -0.15) is 0 Å². The van der Waals surface area contributed by atoms with Crippen LogP contribution in [0.4, 0.5) is 0 Å². The summed E-state index contributed by atoms with van der Waals surface area (Å²) in [7, 11) is 0. The van der Waals surface area contributed by atoms with Crippen LogP contribution in [0.2, 0.25) is 0 Å². The van der Waals surface area contributed by atoms with Crippen molar-refractivity contribution in [2.75, 3.05) is 0 Å². The van der Waals surface area contributed by atoms with E-state index in [1.165, 1.54) is 0 Å². The molecule has 3 heteroatoms. The number of carbonyl (C=O) groups is 1. The molecule has 2 rings (SSSR count). The number of furan rings is 1. The summed E-state index contributed by atoms with van der Waals surface area (Å²) in [5.74, 6) is 1.21. The second kappa shape index (κ2) is 3.91. The molecule has 0 radical (unpaired) electrons. The Morgan fingerprint density at radius 3 is 2.47 bits per heavy atom. The molecule has 0 saturated heterocycles. The van der Waals surface area contributed by atoms with Crippen molar-refractivity contribution in [2.45, 2.75) is 6.92 Å². The van der Waals surface area contributed by atoms with Crippen molar-refractivity contribution in [1.82, 2.24) is 0 Å². The number of carbonyl (C=O) groups excluding carboxylic acids is 1. The zero-order chi connectivity index (χ0) is 10.8. The van der Waals surface area contributed by atoms with Gasteiger partial charge in [0, 0.05) is 5.56 Å². The molecule has 0 amide bonds. The van der Waals surface area contributed by atoms with Gasteiger partial charge in [0.1, 0.15) is 11.5 Å². The van der Waals surface area contributed by atoms with Crippen LogP contribution in [0.5, 0.6) is 0 Å². The summed E-state index contributed by atoms with van der Waals surface area (Å²) in [5.41, 5.74) is 1.36. The van der Waals surface area contributed by atoms with E-state index in [-0.39, 0.29) is 0 Å². The van der Waals surface area contributed by atoms with Gasteiger partial charge in [-0.3, -0.25) is 4.79 Å². The van der Waals surface area contributed by atoms with E-state index in [2.05, 4.69) is 0 Å². The van der Waals surface area contributed by atoms with Crippen molar-refractivity contribution in [1.29, 1.82) is 0 Å². The summed E-state index contributed by atoms with van der Waals surface area (Å²) in [6.45, 7) is 1.72. The Balaban J connectivity index is 2.48. The molecule has 0 atom stereocenters. The van der Waals surface area contributed by atoms with Crippen LogP contribution in [0.1, 0.15) is 16.1 Å². The lowest BCUT2D eigenvalue weighted by molar-refractivity contribution is 0.108. The Hall–Kier alpha value is -1.54. The smallest absolute Gasteiger partial charge is 0.255 e. The molecule has 1 heterocycles. The quantitative estimate of drug-likeness (QED) is 0.724. The van der Waals surface area contributed by atoms with Gasteiger partial charge in [-0.25, -0.2) is 0 Å². The maximum absolute atomic E-state index is 11.0. The molecule has 1 aromatic heterocycles. The maximum atomic E-state index is 11.0. The highest BCUT2D eigenvalue weighted by Crippen LogP contribution is 2.25. The van der Waals surface area contributed by atoms with Gasteiger partial charge in [0.25, 0.3) is 5.24 Å². The van der Waals surface area contributed by atoms with Crippen molar-refractivity contribution in [2.24, 2.45) is 0 Å². The molecule has 2 aromatic rings. The summed E-state index contributed by atoms with van der Waals surface area (Å²) >= 11 is 5.41. The average molecular weight is 221 g/mol. The number of aryl methyl sites for hydroxylation is 1. The molecule has 76 valence electrons. The molecular formula is C12H9ClO2. The Bertz CT molecular complexity index is 486. The predicted molar refractivity (Wildman–Crippen MR) is 59.1 cm³/mol. The van der Waals surface area contributed by atoms with Crippen LogP contribution in [-0.4, -0.2) is 5.24 Å². The highest BCUT2D eigenvalue weighted by Gasteiger charge is 2.13. The second-order valence-corrected chi connectivity index (χ2v) is 3.56. The highest BCUT2D eigenvalue weighted by molar-refractivity contribution is 6.67. The van der Waals surface area contributed by atoms with Crippen LogP contribution < -0.4 is 0 Å². The lowest BCUT2D eigenvalue weighted by atomic mass is 10.1. The molecule has 15 heavy (non-hydrogen) atoms. The summed E-state index contributed by atoms with van der Waals surface area (Å²) in [6.07, 6.45) is 0. The largest absolute Gasteiger partial charge is 0.461 e. The fourth-order valence-electron chi connectivity index (χ4n) is 1.42. The second-order valence-electron chi connectivity index (χ2n) is 3.22. The molecule has 1 aromatic carbocycles. The van der Waals surface area contributed by atoms with Gasteiger partial charge < -0.3 is 4.42 Å². The van der Waals surface area contributed by atoms with Gasteiger partial charge in [0.05, 0.1) is 5.56 Å². The molecule has 0 aliphatic rings. The van der Waals surface area contributed by atoms with Crippen LogP contribution in [0.25, 0.3) is 11.3 Å². The minimum absolute atomic E-state index is 0.426. The predicted octanol–water partition coefficient (Wildman–Crippen LogP) is 3.63. The highest BCUT2D eigenvalue weighted by atomic mass is 35.5. The zero-order valence-corrected chi connectivity index (χ0v) is 8.91. The van der Waals surface area contributed by atoms with Gasteiger partial charge in [-0.15, -0.1) is 0 Å². The molecular weight excluding hydrogens is 212 g/mol. The van der Waals surface area contributed by atoms with E-state index in [0.717, 1.165) is 5.56 Å². The molecule has 0 spiro atoms. The van der Waals surface area contributed by atoms with Gasteiger partial charge in [0.15, 0.2) is 0 Å². The molecule has 2 nitrogen and oxygen atoms in total. The standard InChI is InChI=1S/C12H9ClO2/c1-8-10(12(13)14)7-11(15-8)9-5-3-2-4-6-9/h2-7H,1H3. The van der Waals surface area contributed by atoms with Crippen LogP contribution in [-0.2, 0) is 0 Å². The zero-order valence-electron chi connectivity index (χ0n) is 8.16. The first-order valence-electron chi connectivity index (χ1n) is 4.54. The van der Waals surface area contributed by atoms with E-state index in [4.69, 9.17) is 16.0 Å². The molecule has 0 saturated carbocycles. The van der Waals surface area contributed by atoms with Crippen molar-refractivity contribution >= 4 is 16.8 Å². The number of hydrogen-bond donors (Lipinski definition) is 0. The fourth-order valence-corrected chi connectivity index (χ4v) is 1.61. The van der Waals surface area contributed by atoms with E-state index in [9.17, 15) is 4.79 Å². The molecule has 0 unspecified atom stereocenters. The van der Waals surface area contributed by atoms with Gasteiger partial charge in [-0.1, -0.05) is 30.3 Å². The third-order valence-corrected chi connectivity index (χ3v) is 2.39. The number of rotatable bonds is 2. The van der Waals surface area contributed by atoms with E-state index in [1.807, 2.05) is 30.3 Å². The first kappa shape index (κ1) is 9.99. The Morgan fingerprint density at radius 1 is 1.27 bits per heavy atom. The van der Waals surface area contributed by atoms with Crippen LogP contribution in [0.3, 0.4) is 0 Å². The van der Waals surface area contributed by atoms with Gasteiger partial charge >= 0.3 is 0 Å². The number of halogens is 1. The van der Waals surface area contributed by atoms with Gasteiger partial charge in [0.2, 0.25) is 0 Å². The van der Waals surface area contributed by atoms with Crippen molar-refractivity contribution in [3.63, 3.8) is 0 Å². The SMILES string of the molecule is Cc1oc(-c2ccccc2)cc1C(=O)Cl. The minimum Gasteiger partial charge on any atom is -0.461 e. The van der Waals surface area contributed by atoms with Crippen LogP contribution in [0.15, 0.2) is 40.8 Å². The lowest BCUT2D eigenvalue weighted by Crippen LogP contribution is -1.86. The van der Waals surface area contributed by atoms with Crippen molar-refractivity contribution in [3.8, 4) is 11.3 Å². The Labute approximate surface area is 92.5 Å². The topological polar surface area (TPSA) is 30.2 Å². The fraction of sp³-hybridized carbons (Fsp3) is 0.0833. The Kier molecular flexibility index (Phi) is 2.60. The van der Waals surface area contributed by atoms with E-state index in [1.54, 1.807) is 13.0 Å². The molecule has 0 N–H and O–H groups in total. The van der Waals surface area contributed by atoms with E-state index >= 15 is 0 Å². The molecule has 0 aliphatic carbocycles. The monoisotopic (exact) mass is 220 g/mol. The van der Waals surface area contributed by atoms with Crippen molar-refractivity contribution in [3.05, 3.63) is 47.7 Å². The first-order valence-corrected chi connectivity index (χ1v) is 4.92. The van der Waals surface area contributed by atoms with Gasteiger partial charge in [-0.05, 0) is 24.6 Å².